The highest BCUT2D eigenvalue weighted by atomic mass is 16.5. The van der Waals surface area contributed by atoms with Gasteiger partial charge in [0.2, 0.25) is 0 Å². The molecular formula is C14H23NO2. The Kier molecular flexibility index (Phi) is 7.63. The summed E-state index contributed by atoms with van der Waals surface area (Å²) >= 11 is 0. The topological polar surface area (TPSA) is 30.5 Å². The maximum atomic E-state index is 5.73. The van der Waals surface area contributed by atoms with Gasteiger partial charge in [-0.1, -0.05) is 30.3 Å². The normalized spacial score (nSPS) is 12.6. The number of ether oxygens (including phenoxy) is 2. The summed E-state index contributed by atoms with van der Waals surface area (Å²) in [7, 11) is 0. The third-order valence-electron chi connectivity index (χ3n) is 2.54. The summed E-state index contributed by atoms with van der Waals surface area (Å²) in [6.45, 7) is 8.11. The predicted molar refractivity (Wildman–Crippen MR) is 70.2 cm³/mol. The van der Waals surface area contributed by atoms with Gasteiger partial charge >= 0.3 is 0 Å². The zero-order chi connectivity index (χ0) is 12.3. The Bertz CT molecular complexity index is 277. The van der Waals surface area contributed by atoms with Crippen molar-refractivity contribution in [3.63, 3.8) is 0 Å². The van der Waals surface area contributed by atoms with E-state index in [4.69, 9.17) is 9.47 Å². The van der Waals surface area contributed by atoms with Gasteiger partial charge in [0.05, 0.1) is 19.3 Å². The molecule has 0 amide bonds. The van der Waals surface area contributed by atoms with E-state index in [9.17, 15) is 0 Å². The van der Waals surface area contributed by atoms with Crippen molar-refractivity contribution in [3.05, 3.63) is 35.9 Å². The predicted octanol–water partition coefficient (Wildman–Crippen LogP) is 2.39. The molecule has 0 saturated heterocycles. The standard InChI is InChI=1S/C14H23NO2/c1-3-16-11-9-15-10-12-17-13(2)14-7-5-4-6-8-14/h4-8,13,15H,3,9-12H2,1-2H3. The van der Waals surface area contributed by atoms with Gasteiger partial charge in [-0.05, 0) is 19.4 Å². The molecule has 1 aromatic rings. The minimum Gasteiger partial charge on any atom is -0.380 e. The highest BCUT2D eigenvalue weighted by molar-refractivity contribution is 5.16. The fourth-order valence-electron chi connectivity index (χ4n) is 1.54. The fraction of sp³-hybridized carbons (Fsp3) is 0.571. The summed E-state index contributed by atoms with van der Waals surface area (Å²) in [6.07, 6.45) is 0.157. The van der Waals surface area contributed by atoms with Gasteiger partial charge < -0.3 is 14.8 Å². The van der Waals surface area contributed by atoms with Gasteiger partial charge in [0.1, 0.15) is 0 Å². The third kappa shape index (κ3) is 6.41. The molecule has 1 atom stereocenters. The SMILES string of the molecule is CCOCCNCCOC(C)c1ccccc1. The zero-order valence-corrected chi connectivity index (χ0v) is 10.8. The summed E-state index contributed by atoms with van der Waals surface area (Å²) in [4.78, 5) is 0. The van der Waals surface area contributed by atoms with Crippen LogP contribution in [0.1, 0.15) is 25.5 Å². The highest BCUT2D eigenvalue weighted by Crippen LogP contribution is 2.14. The second-order valence-corrected chi connectivity index (χ2v) is 3.87. The lowest BCUT2D eigenvalue weighted by Crippen LogP contribution is -2.24. The Morgan fingerprint density at radius 3 is 2.53 bits per heavy atom. The first-order valence-corrected chi connectivity index (χ1v) is 6.29. The van der Waals surface area contributed by atoms with Crippen molar-refractivity contribution in [3.8, 4) is 0 Å². The molecule has 0 bridgehead atoms. The molecule has 1 unspecified atom stereocenters. The Hall–Kier alpha value is -0.900. The second-order valence-electron chi connectivity index (χ2n) is 3.87. The smallest absolute Gasteiger partial charge is 0.0797 e. The minimum atomic E-state index is 0.157. The monoisotopic (exact) mass is 237 g/mol. The summed E-state index contributed by atoms with van der Waals surface area (Å²) in [5.74, 6) is 0. The van der Waals surface area contributed by atoms with Gasteiger partial charge in [0.25, 0.3) is 0 Å². The molecule has 3 nitrogen and oxygen atoms in total. The Balaban J connectivity index is 2.03. The van der Waals surface area contributed by atoms with Gasteiger partial charge in [0.15, 0.2) is 0 Å². The van der Waals surface area contributed by atoms with E-state index in [1.165, 1.54) is 5.56 Å². The van der Waals surface area contributed by atoms with Gasteiger partial charge in [-0.15, -0.1) is 0 Å². The third-order valence-corrected chi connectivity index (χ3v) is 2.54. The van der Waals surface area contributed by atoms with Gasteiger partial charge in [-0.2, -0.15) is 0 Å². The van der Waals surface area contributed by atoms with Crippen LogP contribution in [-0.4, -0.2) is 32.9 Å². The number of benzene rings is 1. The highest BCUT2D eigenvalue weighted by Gasteiger charge is 2.03. The van der Waals surface area contributed by atoms with E-state index in [2.05, 4.69) is 24.4 Å². The largest absolute Gasteiger partial charge is 0.380 e. The van der Waals surface area contributed by atoms with Gasteiger partial charge in [0, 0.05) is 19.7 Å². The molecule has 0 saturated carbocycles. The van der Waals surface area contributed by atoms with Crippen molar-refractivity contribution in [2.75, 3.05) is 32.9 Å². The molecule has 0 fully saturated rings. The van der Waals surface area contributed by atoms with Crippen LogP contribution in [0.3, 0.4) is 0 Å². The van der Waals surface area contributed by atoms with Crippen molar-refractivity contribution in [1.29, 1.82) is 0 Å². The molecule has 0 heterocycles. The lowest BCUT2D eigenvalue weighted by molar-refractivity contribution is 0.0661. The Labute approximate surface area is 104 Å². The molecule has 0 radical (unpaired) electrons. The summed E-state index contributed by atoms with van der Waals surface area (Å²) in [5.41, 5.74) is 1.22. The van der Waals surface area contributed by atoms with Crippen molar-refractivity contribution < 1.29 is 9.47 Å². The Morgan fingerprint density at radius 1 is 1.12 bits per heavy atom. The van der Waals surface area contributed by atoms with E-state index in [-0.39, 0.29) is 6.10 Å². The maximum absolute atomic E-state index is 5.73. The molecule has 0 aliphatic rings. The lowest BCUT2D eigenvalue weighted by Gasteiger charge is -2.13. The van der Waals surface area contributed by atoms with E-state index >= 15 is 0 Å². The molecular weight excluding hydrogens is 214 g/mol. The van der Waals surface area contributed by atoms with Crippen LogP contribution in [0.25, 0.3) is 0 Å². The summed E-state index contributed by atoms with van der Waals surface area (Å²) in [6, 6.07) is 10.3. The summed E-state index contributed by atoms with van der Waals surface area (Å²) in [5, 5.41) is 3.28. The first kappa shape index (κ1) is 14.2. The molecule has 17 heavy (non-hydrogen) atoms. The summed E-state index contributed by atoms with van der Waals surface area (Å²) < 4.78 is 11.0. The average Bonchev–Trinajstić information content (AvgIpc) is 2.38. The van der Waals surface area contributed by atoms with Gasteiger partial charge in [-0.3, -0.25) is 0 Å². The van der Waals surface area contributed by atoms with Crippen molar-refractivity contribution >= 4 is 0 Å². The van der Waals surface area contributed by atoms with Crippen LogP contribution in [0.15, 0.2) is 30.3 Å². The van der Waals surface area contributed by atoms with Crippen LogP contribution in [0.5, 0.6) is 0 Å². The average molecular weight is 237 g/mol. The van der Waals surface area contributed by atoms with E-state index < -0.39 is 0 Å². The molecule has 0 aliphatic heterocycles. The molecule has 0 aromatic heterocycles. The maximum Gasteiger partial charge on any atom is 0.0797 e. The fourth-order valence-corrected chi connectivity index (χ4v) is 1.54. The Morgan fingerprint density at radius 2 is 1.82 bits per heavy atom. The van der Waals surface area contributed by atoms with Crippen LogP contribution in [0.4, 0.5) is 0 Å². The minimum absolute atomic E-state index is 0.157. The molecule has 1 rings (SSSR count). The first-order valence-electron chi connectivity index (χ1n) is 6.29. The quantitative estimate of drug-likeness (QED) is 0.669. The second kappa shape index (κ2) is 9.16. The number of nitrogens with one attached hydrogen (secondary N) is 1. The van der Waals surface area contributed by atoms with Crippen LogP contribution in [0.2, 0.25) is 0 Å². The molecule has 0 aliphatic carbocycles. The molecule has 1 N–H and O–H groups in total. The van der Waals surface area contributed by atoms with Crippen LogP contribution in [-0.2, 0) is 9.47 Å². The van der Waals surface area contributed by atoms with E-state index in [1.54, 1.807) is 0 Å². The van der Waals surface area contributed by atoms with Crippen LogP contribution < -0.4 is 5.32 Å². The lowest BCUT2D eigenvalue weighted by atomic mass is 10.1. The van der Waals surface area contributed by atoms with E-state index in [1.807, 2.05) is 25.1 Å². The number of hydrogen-bond acceptors (Lipinski definition) is 3. The van der Waals surface area contributed by atoms with E-state index in [0.29, 0.717) is 0 Å². The van der Waals surface area contributed by atoms with Crippen LogP contribution >= 0.6 is 0 Å². The zero-order valence-electron chi connectivity index (χ0n) is 10.8. The van der Waals surface area contributed by atoms with Crippen LogP contribution in [0, 0.1) is 0 Å². The molecule has 96 valence electrons. The molecule has 0 spiro atoms. The van der Waals surface area contributed by atoms with E-state index in [0.717, 1.165) is 32.9 Å². The van der Waals surface area contributed by atoms with Gasteiger partial charge in [-0.25, -0.2) is 0 Å². The first-order chi connectivity index (χ1) is 8.34. The number of hydrogen-bond donors (Lipinski definition) is 1. The number of rotatable bonds is 9. The van der Waals surface area contributed by atoms with Crippen molar-refractivity contribution in [1.82, 2.24) is 5.32 Å². The van der Waals surface area contributed by atoms with Crippen molar-refractivity contribution in [2.24, 2.45) is 0 Å². The van der Waals surface area contributed by atoms with Crippen molar-refractivity contribution in [2.45, 2.75) is 20.0 Å². The molecule has 3 heteroatoms. The molecule has 1 aromatic carbocycles.